The third kappa shape index (κ3) is 1.94. The summed E-state index contributed by atoms with van der Waals surface area (Å²) < 4.78 is 0. The van der Waals surface area contributed by atoms with Gasteiger partial charge in [-0.15, -0.1) is 0 Å². The van der Waals surface area contributed by atoms with Crippen LogP contribution in [0, 0.1) is 0 Å². The van der Waals surface area contributed by atoms with Crippen molar-refractivity contribution in [3.63, 3.8) is 0 Å². The normalized spacial score (nSPS) is 24.6. The van der Waals surface area contributed by atoms with E-state index in [-0.39, 0.29) is 6.04 Å². The first-order valence-corrected chi connectivity index (χ1v) is 4.63. The summed E-state index contributed by atoms with van der Waals surface area (Å²) in [5.41, 5.74) is 5.02. The predicted molar refractivity (Wildman–Crippen MR) is 53.1 cm³/mol. The van der Waals surface area contributed by atoms with Gasteiger partial charge in [0.05, 0.1) is 16.6 Å². The Balaban J connectivity index is 2.45. The molecule has 0 amide bonds. The molecule has 12 heavy (non-hydrogen) atoms. The Morgan fingerprint density at radius 1 is 1.75 bits per heavy atom. The SMILES string of the molecule is CCC(C(N)=S)N1CC(C)(O)C1. The highest BCUT2D eigenvalue weighted by molar-refractivity contribution is 7.80. The molecule has 0 spiro atoms. The van der Waals surface area contributed by atoms with Gasteiger partial charge in [0.15, 0.2) is 0 Å². The Morgan fingerprint density at radius 2 is 2.25 bits per heavy atom. The van der Waals surface area contributed by atoms with Gasteiger partial charge in [-0.2, -0.15) is 0 Å². The lowest BCUT2D eigenvalue weighted by molar-refractivity contribution is -0.0916. The molecule has 1 atom stereocenters. The van der Waals surface area contributed by atoms with E-state index in [9.17, 15) is 5.11 Å². The van der Waals surface area contributed by atoms with Gasteiger partial charge in [-0.1, -0.05) is 19.1 Å². The highest BCUT2D eigenvalue weighted by Crippen LogP contribution is 2.23. The van der Waals surface area contributed by atoms with Crippen LogP contribution in [0.2, 0.25) is 0 Å². The first kappa shape index (κ1) is 9.89. The molecule has 1 fully saturated rings. The summed E-state index contributed by atoms with van der Waals surface area (Å²) in [7, 11) is 0. The standard InChI is InChI=1S/C8H16N2OS/c1-3-6(7(9)12)10-4-8(2,11)5-10/h6,11H,3-5H2,1-2H3,(H2,9,12). The zero-order valence-electron chi connectivity index (χ0n) is 7.58. The number of hydrogen-bond donors (Lipinski definition) is 2. The highest BCUT2D eigenvalue weighted by Gasteiger charge is 2.40. The van der Waals surface area contributed by atoms with Gasteiger partial charge in [-0.25, -0.2) is 0 Å². The van der Waals surface area contributed by atoms with Crippen LogP contribution in [0.25, 0.3) is 0 Å². The van der Waals surface area contributed by atoms with Crippen LogP contribution < -0.4 is 5.73 Å². The number of likely N-dealkylation sites (tertiary alicyclic amines) is 1. The lowest BCUT2D eigenvalue weighted by Crippen LogP contribution is -2.64. The van der Waals surface area contributed by atoms with E-state index in [0.717, 1.165) is 6.42 Å². The van der Waals surface area contributed by atoms with Crippen molar-refractivity contribution in [3.05, 3.63) is 0 Å². The van der Waals surface area contributed by atoms with Crippen LogP contribution in [0.15, 0.2) is 0 Å². The van der Waals surface area contributed by atoms with Crippen LogP contribution in [0.5, 0.6) is 0 Å². The molecule has 3 nitrogen and oxygen atoms in total. The van der Waals surface area contributed by atoms with E-state index in [1.807, 2.05) is 6.92 Å². The largest absolute Gasteiger partial charge is 0.392 e. The molecule has 0 aromatic carbocycles. The molecule has 1 aliphatic rings. The second kappa shape index (κ2) is 3.28. The van der Waals surface area contributed by atoms with Crippen LogP contribution >= 0.6 is 12.2 Å². The van der Waals surface area contributed by atoms with E-state index < -0.39 is 5.60 Å². The van der Waals surface area contributed by atoms with E-state index in [0.29, 0.717) is 18.1 Å². The molecule has 1 rings (SSSR count). The third-order valence-electron chi connectivity index (χ3n) is 2.24. The Hall–Kier alpha value is -0.190. The van der Waals surface area contributed by atoms with Crippen LogP contribution in [-0.4, -0.2) is 39.7 Å². The topological polar surface area (TPSA) is 49.5 Å². The summed E-state index contributed by atoms with van der Waals surface area (Å²) in [5.74, 6) is 0. The number of hydrogen-bond acceptors (Lipinski definition) is 3. The summed E-state index contributed by atoms with van der Waals surface area (Å²) in [4.78, 5) is 2.65. The average molecular weight is 188 g/mol. The Morgan fingerprint density at radius 3 is 2.50 bits per heavy atom. The molecule has 1 unspecified atom stereocenters. The highest BCUT2D eigenvalue weighted by atomic mass is 32.1. The minimum Gasteiger partial charge on any atom is -0.392 e. The van der Waals surface area contributed by atoms with Gasteiger partial charge in [-0.05, 0) is 13.3 Å². The summed E-state index contributed by atoms with van der Waals surface area (Å²) in [6.45, 7) is 5.25. The lowest BCUT2D eigenvalue weighted by atomic mass is 9.94. The molecule has 70 valence electrons. The third-order valence-corrected chi connectivity index (χ3v) is 2.52. The Kier molecular flexibility index (Phi) is 2.70. The lowest BCUT2D eigenvalue weighted by Gasteiger charge is -2.47. The second-order valence-electron chi connectivity index (χ2n) is 3.73. The van der Waals surface area contributed by atoms with Gasteiger partial charge in [0.25, 0.3) is 0 Å². The van der Waals surface area contributed by atoms with E-state index in [1.54, 1.807) is 0 Å². The maximum absolute atomic E-state index is 9.48. The van der Waals surface area contributed by atoms with E-state index in [4.69, 9.17) is 18.0 Å². The molecule has 0 aliphatic carbocycles. The summed E-state index contributed by atoms with van der Waals surface area (Å²) in [6, 6.07) is 0.167. The van der Waals surface area contributed by atoms with E-state index >= 15 is 0 Å². The Labute approximate surface area is 78.5 Å². The predicted octanol–water partition coefficient (Wildman–Crippen LogP) is 0.118. The fourth-order valence-electron chi connectivity index (χ4n) is 1.69. The van der Waals surface area contributed by atoms with Gasteiger partial charge in [0, 0.05) is 13.1 Å². The fraction of sp³-hybridized carbons (Fsp3) is 0.875. The van der Waals surface area contributed by atoms with Gasteiger partial charge >= 0.3 is 0 Å². The minimum absolute atomic E-state index is 0.167. The number of nitrogens with two attached hydrogens (primary N) is 1. The fourth-order valence-corrected chi connectivity index (χ4v) is 2.00. The van der Waals surface area contributed by atoms with E-state index in [1.165, 1.54) is 0 Å². The minimum atomic E-state index is -0.530. The van der Waals surface area contributed by atoms with E-state index in [2.05, 4.69) is 11.8 Å². The second-order valence-corrected chi connectivity index (χ2v) is 4.20. The first-order valence-electron chi connectivity index (χ1n) is 4.22. The van der Waals surface area contributed by atoms with Crippen molar-refractivity contribution in [1.29, 1.82) is 0 Å². The molecule has 0 bridgehead atoms. The maximum atomic E-state index is 9.48. The zero-order valence-corrected chi connectivity index (χ0v) is 8.40. The van der Waals surface area contributed by atoms with Crippen molar-refractivity contribution in [1.82, 2.24) is 4.90 Å². The Bertz CT molecular complexity index is 185. The van der Waals surface area contributed by atoms with Crippen LogP contribution in [0.1, 0.15) is 20.3 Å². The molecule has 1 aliphatic heterocycles. The molecule has 0 saturated carbocycles. The zero-order chi connectivity index (χ0) is 9.35. The molecule has 0 aromatic rings. The van der Waals surface area contributed by atoms with Gasteiger partial charge in [-0.3, -0.25) is 4.90 Å². The first-order chi connectivity index (χ1) is 5.46. The quantitative estimate of drug-likeness (QED) is 0.618. The van der Waals surface area contributed by atoms with Crippen molar-refractivity contribution in [3.8, 4) is 0 Å². The molecule has 3 N–H and O–H groups in total. The number of rotatable bonds is 3. The van der Waals surface area contributed by atoms with Crippen molar-refractivity contribution in [2.75, 3.05) is 13.1 Å². The molecular weight excluding hydrogens is 172 g/mol. The maximum Gasteiger partial charge on any atom is 0.0901 e. The van der Waals surface area contributed by atoms with Crippen LogP contribution in [0.4, 0.5) is 0 Å². The molecule has 1 saturated heterocycles. The number of thiocarbonyl (C=S) groups is 1. The van der Waals surface area contributed by atoms with Gasteiger partial charge in [0.2, 0.25) is 0 Å². The number of nitrogens with zero attached hydrogens (tertiary/aromatic N) is 1. The summed E-state index contributed by atoms with van der Waals surface area (Å²) >= 11 is 4.92. The van der Waals surface area contributed by atoms with Crippen molar-refractivity contribution in [2.24, 2.45) is 5.73 Å². The van der Waals surface area contributed by atoms with Gasteiger partial charge in [0.1, 0.15) is 0 Å². The molecule has 0 radical (unpaired) electrons. The monoisotopic (exact) mass is 188 g/mol. The van der Waals surface area contributed by atoms with Crippen LogP contribution in [-0.2, 0) is 0 Å². The smallest absolute Gasteiger partial charge is 0.0901 e. The van der Waals surface area contributed by atoms with Crippen molar-refractivity contribution >= 4 is 17.2 Å². The molecule has 1 heterocycles. The summed E-state index contributed by atoms with van der Waals surface area (Å²) in [6.07, 6.45) is 0.922. The van der Waals surface area contributed by atoms with Gasteiger partial charge < -0.3 is 10.8 Å². The average Bonchev–Trinajstić information content (AvgIpc) is 1.84. The number of aliphatic hydroxyl groups is 1. The molecular formula is C8H16N2OS. The van der Waals surface area contributed by atoms with Crippen molar-refractivity contribution in [2.45, 2.75) is 31.9 Å². The number of β-amino-alcohol motifs (C(OH)–C–C–N with tert-alkyl or cyclic N) is 1. The molecule has 0 aromatic heterocycles. The van der Waals surface area contributed by atoms with Crippen molar-refractivity contribution < 1.29 is 5.11 Å². The summed E-state index contributed by atoms with van der Waals surface area (Å²) in [5, 5.41) is 9.48. The van der Waals surface area contributed by atoms with Crippen LogP contribution in [0.3, 0.4) is 0 Å². The molecule has 4 heteroatoms.